The van der Waals surface area contributed by atoms with Gasteiger partial charge in [-0.3, -0.25) is 9.59 Å². The smallest absolute Gasteiger partial charge is 0.291 e. The fourth-order valence-electron chi connectivity index (χ4n) is 2.93. The van der Waals surface area contributed by atoms with E-state index in [9.17, 15) is 9.59 Å². The normalized spacial score (nSPS) is 13.5. The van der Waals surface area contributed by atoms with Gasteiger partial charge in [0.15, 0.2) is 12.4 Å². The van der Waals surface area contributed by atoms with Gasteiger partial charge in [0.25, 0.3) is 11.8 Å². The molecule has 0 radical (unpaired) electrons. The molecule has 1 aliphatic rings. The number of carbonyl (C=O) groups is 2. The molecule has 1 N–H and O–H groups in total. The minimum absolute atomic E-state index is 0.0212. The molecule has 3 aromatic rings. The van der Waals surface area contributed by atoms with Crippen LogP contribution in [0.5, 0.6) is 5.75 Å². The number of para-hydroxylation sites is 1. The third-order valence-corrected chi connectivity index (χ3v) is 4.35. The summed E-state index contributed by atoms with van der Waals surface area (Å²) < 4.78 is 11.1. The second-order valence-corrected chi connectivity index (χ2v) is 5.93. The molecular weight excluding hydrogens is 320 g/mol. The minimum atomic E-state index is -0.334. The van der Waals surface area contributed by atoms with Crippen molar-refractivity contribution in [3.05, 3.63) is 53.8 Å². The van der Waals surface area contributed by atoms with Gasteiger partial charge in [0.1, 0.15) is 11.3 Å². The third kappa shape index (κ3) is 2.52. The van der Waals surface area contributed by atoms with Crippen molar-refractivity contribution in [3.8, 4) is 5.75 Å². The molecule has 0 bridgehead atoms. The van der Waals surface area contributed by atoms with Gasteiger partial charge in [-0.15, -0.1) is 0 Å². The molecular formula is C19H16N2O4. The van der Waals surface area contributed by atoms with Crippen LogP contribution >= 0.6 is 0 Å². The highest BCUT2D eigenvalue weighted by Gasteiger charge is 2.23. The maximum Gasteiger partial charge on any atom is 0.291 e. The van der Waals surface area contributed by atoms with Gasteiger partial charge in [-0.25, -0.2) is 0 Å². The van der Waals surface area contributed by atoms with Crippen molar-refractivity contribution in [1.82, 2.24) is 0 Å². The number of fused-ring (bicyclic) bond motifs is 2. The molecule has 2 amide bonds. The standard InChI is InChI=1S/C19H16N2O4/c1-11-13-5-3-4-6-15(13)25-18(11)19(23)20-12-7-8-16-14(9-12)21(2)17(22)10-24-16/h3-9H,10H2,1-2H3,(H,20,23). The predicted octanol–water partition coefficient (Wildman–Crippen LogP) is 3.35. The summed E-state index contributed by atoms with van der Waals surface area (Å²) in [5, 5.41) is 3.73. The number of aryl methyl sites for hydroxylation is 1. The number of carbonyl (C=O) groups excluding carboxylic acids is 2. The van der Waals surface area contributed by atoms with Crippen molar-refractivity contribution in [2.75, 3.05) is 23.9 Å². The highest BCUT2D eigenvalue weighted by atomic mass is 16.5. The highest BCUT2D eigenvalue weighted by Crippen LogP contribution is 2.34. The van der Waals surface area contributed by atoms with E-state index in [0.717, 1.165) is 10.9 Å². The van der Waals surface area contributed by atoms with Crippen molar-refractivity contribution < 1.29 is 18.7 Å². The Kier molecular flexibility index (Phi) is 3.46. The number of nitrogens with zero attached hydrogens (tertiary/aromatic N) is 1. The molecule has 2 aromatic carbocycles. The van der Waals surface area contributed by atoms with E-state index >= 15 is 0 Å². The van der Waals surface area contributed by atoms with Crippen molar-refractivity contribution >= 4 is 34.2 Å². The first-order chi connectivity index (χ1) is 12.0. The second kappa shape index (κ2) is 5.66. The monoisotopic (exact) mass is 336 g/mol. The Morgan fingerprint density at radius 2 is 2.00 bits per heavy atom. The lowest BCUT2D eigenvalue weighted by Gasteiger charge is -2.26. The van der Waals surface area contributed by atoms with E-state index in [1.54, 1.807) is 25.2 Å². The van der Waals surface area contributed by atoms with E-state index in [0.29, 0.717) is 22.7 Å². The number of amides is 2. The van der Waals surface area contributed by atoms with Crippen molar-refractivity contribution in [2.24, 2.45) is 0 Å². The zero-order chi connectivity index (χ0) is 17.6. The maximum atomic E-state index is 12.6. The number of anilines is 2. The second-order valence-electron chi connectivity index (χ2n) is 5.93. The lowest BCUT2D eigenvalue weighted by molar-refractivity contribution is -0.120. The van der Waals surface area contributed by atoms with Gasteiger partial charge in [0.05, 0.1) is 5.69 Å². The molecule has 6 heteroatoms. The summed E-state index contributed by atoms with van der Waals surface area (Å²) >= 11 is 0. The topological polar surface area (TPSA) is 71.8 Å². The Morgan fingerprint density at radius 3 is 2.80 bits per heavy atom. The lowest BCUT2D eigenvalue weighted by atomic mass is 10.1. The molecule has 0 fully saturated rings. The third-order valence-electron chi connectivity index (χ3n) is 4.35. The van der Waals surface area contributed by atoms with E-state index < -0.39 is 0 Å². The number of rotatable bonds is 2. The minimum Gasteiger partial charge on any atom is -0.482 e. The van der Waals surface area contributed by atoms with Crippen LogP contribution < -0.4 is 15.0 Å². The number of benzene rings is 2. The fourth-order valence-corrected chi connectivity index (χ4v) is 2.93. The average molecular weight is 336 g/mol. The zero-order valence-corrected chi connectivity index (χ0v) is 13.8. The molecule has 4 rings (SSSR count). The molecule has 0 spiro atoms. The largest absolute Gasteiger partial charge is 0.482 e. The van der Waals surface area contributed by atoms with Crippen LogP contribution in [0, 0.1) is 6.92 Å². The average Bonchev–Trinajstić information content (AvgIpc) is 2.96. The molecule has 1 aliphatic heterocycles. The SMILES string of the molecule is Cc1c(C(=O)Nc2ccc3c(c2)N(C)C(=O)CO3)oc2ccccc12. The maximum absolute atomic E-state index is 12.6. The fraction of sp³-hybridized carbons (Fsp3) is 0.158. The molecule has 25 heavy (non-hydrogen) atoms. The molecule has 0 unspecified atom stereocenters. The van der Waals surface area contributed by atoms with E-state index in [-0.39, 0.29) is 24.2 Å². The van der Waals surface area contributed by atoms with Crippen LogP contribution in [0.1, 0.15) is 16.1 Å². The Balaban J connectivity index is 1.64. The quantitative estimate of drug-likeness (QED) is 0.779. The van der Waals surface area contributed by atoms with E-state index in [4.69, 9.17) is 9.15 Å². The van der Waals surface area contributed by atoms with Crippen LogP contribution in [0.15, 0.2) is 46.9 Å². The van der Waals surface area contributed by atoms with E-state index in [1.165, 1.54) is 4.90 Å². The summed E-state index contributed by atoms with van der Waals surface area (Å²) in [7, 11) is 1.68. The number of ether oxygens (including phenoxy) is 1. The molecule has 0 saturated carbocycles. The Bertz CT molecular complexity index is 1010. The molecule has 2 heterocycles. The van der Waals surface area contributed by atoms with Crippen LogP contribution in [0.4, 0.5) is 11.4 Å². The Hall–Kier alpha value is -3.28. The first-order valence-corrected chi connectivity index (χ1v) is 7.87. The molecule has 0 aliphatic carbocycles. The number of likely N-dealkylation sites (N-methyl/N-ethyl adjacent to an activating group) is 1. The van der Waals surface area contributed by atoms with Gasteiger partial charge >= 0.3 is 0 Å². The lowest BCUT2D eigenvalue weighted by Crippen LogP contribution is -2.35. The van der Waals surface area contributed by atoms with Crippen LogP contribution in [-0.4, -0.2) is 25.5 Å². The number of nitrogens with one attached hydrogen (secondary N) is 1. The first-order valence-electron chi connectivity index (χ1n) is 7.87. The first kappa shape index (κ1) is 15.3. The van der Waals surface area contributed by atoms with Gasteiger partial charge in [-0.2, -0.15) is 0 Å². The zero-order valence-electron chi connectivity index (χ0n) is 13.8. The van der Waals surface area contributed by atoms with E-state index in [2.05, 4.69) is 5.32 Å². The summed E-state index contributed by atoms with van der Waals surface area (Å²) in [5.74, 6) is 0.420. The van der Waals surface area contributed by atoms with Crippen molar-refractivity contribution in [3.63, 3.8) is 0 Å². The van der Waals surface area contributed by atoms with Gasteiger partial charge < -0.3 is 19.4 Å². The Labute approximate surface area is 144 Å². The molecule has 126 valence electrons. The molecule has 6 nitrogen and oxygen atoms in total. The van der Waals surface area contributed by atoms with Gasteiger partial charge in [-0.05, 0) is 31.2 Å². The number of furan rings is 1. The molecule has 0 saturated heterocycles. The van der Waals surface area contributed by atoms with Crippen LogP contribution in [0.2, 0.25) is 0 Å². The van der Waals surface area contributed by atoms with Crippen molar-refractivity contribution in [2.45, 2.75) is 6.92 Å². The van der Waals surface area contributed by atoms with Gasteiger partial charge in [-0.1, -0.05) is 18.2 Å². The summed E-state index contributed by atoms with van der Waals surface area (Å²) in [6, 6.07) is 12.7. The summed E-state index contributed by atoms with van der Waals surface area (Å²) in [6.07, 6.45) is 0. The number of hydrogen-bond donors (Lipinski definition) is 1. The van der Waals surface area contributed by atoms with Gasteiger partial charge in [0.2, 0.25) is 0 Å². The van der Waals surface area contributed by atoms with Crippen LogP contribution in [0.3, 0.4) is 0 Å². The van der Waals surface area contributed by atoms with Crippen molar-refractivity contribution in [1.29, 1.82) is 0 Å². The highest BCUT2D eigenvalue weighted by molar-refractivity contribution is 6.07. The van der Waals surface area contributed by atoms with E-state index in [1.807, 2.05) is 31.2 Å². The number of hydrogen-bond acceptors (Lipinski definition) is 4. The Morgan fingerprint density at radius 1 is 1.20 bits per heavy atom. The molecule has 1 aromatic heterocycles. The summed E-state index contributed by atoms with van der Waals surface area (Å²) in [4.78, 5) is 25.9. The summed E-state index contributed by atoms with van der Waals surface area (Å²) in [5.41, 5.74) is 2.65. The van der Waals surface area contributed by atoms with Gasteiger partial charge in [0, 0.05) is 23.7 Å². The molecule has 0 atom stereocenters. The predicted molar refractivity (Wildman–Crippen MR) is 94.3 cm³/mol. The van der Waals surface area contributed by atoms with Crippen LogP contribution in [0.25, 0.3) is 11.0 Å². The van der Waals surface area contributed by atoms with Crippen LogP contribution in [-0.2, 0) is 4.79 Å². The summed E-state index contributed by atoms with van der Waals surface area (Å²) in [6.45, 7) is 1.88.